The molecule has 0 atom stereocenters. The third-order valence-corrected chi connectivity index (χ3v) is 5.73. The van der Waals surface area contributed by atoms with Crippen molar-refractivity contribution in [1.29, 1.82) is 5.26 Å². The Hall–Kier alpha value is -1.76. The second kappa shape index (κ2) is 3.88. The number of nitriles is 1. The summed E-state index contributed by atoms with van der Waals surface area (Å²) in [5.41, 5.74) is 0.472. The fraction of sp³-hybridized carbons (Fsp3) is 0.625. The van der Waals surface area contributed by atoms with Crippen LogP contribution in [0.4, 0.5) is 0 Å². The SMILES string of the molecule is N#Cc1ccn(C23CC4CC(CC(C4)C2)C3)c1C(=O)O. The van der Waals surface area contributed by atoms with Gasteiger partial charge >= 0.3 is 5.97 Å². The first kappa shape index (κ1) is 12.0. The molecule has 4 aliphatic rings. The Morgan fingerprint density at radius 1 is 1.25 bits per heavy atom. The van der Waals surface area contributed by atoms with Gasteiger partial charge in [0.1, 0.15) is 11.8 Å². The van der Waals surface area contributed by atoms with Crippen LogP contribution in [0.5, 0.6) is 0 Å². The van der Waals surface area contributed by atoms with Crippen molar-refractivity contribution >= 4 is 5.97 Å². The average molecular weight is 270 g/mol. The molecular weight excluding hydrogens is 252 g/mol. The van der Waals surface area contributed by atoms with Crippen molar-refractivity contribution in [3.05, 3.63) is 23.5 Å². The summed E-state index contributed by atoms with van der Waals surface area (Å²) in [5.74, 6) is 1.31. The molecule has 4 fully saturated rings. The molecule has 0 spiro atoms. The van der Waals surface area contributed by atoms with Gasteiger partial charge in [-0.1, -0.05) is 0 Å². The summed E-state index contributed by atoms with van der Waals surface area (Å²) in [6, 6.07) is 3.70. The number of aromatic nitrogens is 1. The number of aromatic carboxylic acids is 1. The summed E-state index contributed by atoms with van der Waals surface area (Å²) in [4.78, 5) is 11.6. The molecule has 1 aromatic heterocycles. The van der Waals surface area contributed by atoms with E-state index in [1.54, 1.807) is 6.07 Å². The van der Waals surface area contributed by atoms with Crippen LogP contribution in [0.1, 0.15) is 54.6 Å². The Kier molecular flexibility index (Phi) is 2.33. The summed E-state index contributed by atoms with van der Waals surface area (Å²) < 4.78 is 1.94. The molecule has 4 saturated carbocycles. The van der Waals surface area contributed by atoms with Crippen LogP contribution in [0.3, 0.4) is 0 Å². The summed E-state index contributed by atoms with van der Waals surface area (Å²) in [6.07, 6.45) is 9.11. The molecule has 1 aromatic rings. The largest absolute Gasteiger partial charge is 0.477 e. The smallest absolute Gasteiger partial charge is 0.353 e. The summed E-state index contributed by atoms with van der Waals surface area (Å²) >= 11 is 0. The van der Waals surface area contributed by atoms with Gasteiger partial charge in [0.25, 0.3) is 0 Å². The Balaban J connectivity index is 1.83. The van der Waals surface area contributed by atoms with Gasteiger partial charge in [0.05, 0.1) is 5.56 Å². The molecule has 20 heavy (non-hydrogen) atoms. The fourth-order valence-electron chi connectivity index (χ4n) is 5.50. The first-order valence-corrected chi connectivity index (χ1v) is 7.46. The lowest BCUT2D eigenvalue weighted by molar-refractivity contribution is -0.0442. The van der Waals surface area contributed by atoms with Crippen LogP contribution in [-0.2, 0) is 5.54 Å². The van der Waals surface area contributed by atoms with Crippen molar-refractivity contribution in [2.45, 2.75) is 44.1 Å². The zero-order valence-corrected chi connectivity index (χ0v) is 11.4. The van der Waals surface area contributed by atoms with Crippen molar-refractivity contribution in [3.8, 4) is 6.07 Å². The topological polar surface area (TPSA) is 66.0 Å². The van der Waals surface area contributed by atoms with Crippen molar-refractivity contribution in [3.63, 3.8) is 0 Å². The van der Waals surface area contributed by atoms with Crippen LogP contribution in [0.15, 0.2) is 12.3 Å². The number of nitrogens with zero attached hydrogens (tertiary/aromatic N) is 2. The zero-order chi connectivity index (χ0) is 13.9. The van der Waals surface area contributed by atoms with E-state index in [9.17, 15) is 9.90 Å². The lowest BCUT2D eigenvalue weighted by Crippen LogP contribution is -2.52. The highest BCUT2D eigenvalue weighted by Crippen LogP contribution is 2.59. The summed E-state index contributed by atoms with van der Waals surface area (Å²) in [6.45, 7) is 0. The highest BCUT2D eigenvalue weighted by atomic mass is 16.4. The molecule has 0 radical (unpaired) electrons. The monoisotopic (exact) mass is 270 g/mol. The third-order valence-electron chi connectivity index (χ3n) is 5.73. The van der Waals surface area contributed by atoms with Gasteiger partial charge in [-0.2, -0.15) is 5.26 Å². The molecule has 1 N–H and O–H groups in total. The van der Waals surface area contributed by atoms with Gasteiger partial charge in [-0.3, -0.25) is 0 Å². The molecular formula is C16H18N2O2. The van der Waals surface area contributed by atoms with Gasteiger partial charge in [-0.05, 0) is 62.3 Å². The number of carboxylic acids is 1. The first-order valence-electron chi connectivity index (χ1n) is 7.46. The average Bonchev–Trinajstić information content (AvgIpc) is 2.81. The van der Waals surface area contributed by atoms with Gasteiger partial charge in [0.15, 0.2) is 0 Å². The predicted molar refractivity (Wildman–Crippen MR) is 72.3 cm³/mol. The van der Waals surface area contributed by atoms with Crippen LogP contribution in [0.2, 0.25) is 0 Å². The highest BCUT2D eigenvalue weighted by Gasteiger charge is 2.52. The molecule has 0 saturated heterocycles. The first-order chi connectivity index (χ1) is 9.61. The number of hydrogen-bond acceptors (Lipinski definition) is 2. The van der Waals surface area contributed by atoms with Crippen LogP contribution >= 0.6 is 0 Å². The van der Waals surface area contributed by atoms with E-state index in [1.165, 1.54) is 19.3 Å². The number of rotatable bonds is 2. The van der Waals surface area contributed by atoms with E-state index in [0.29, 0.717) is 5.56 Å². The highest BCUT2D eigenvalue weighted by molar-refractivity contribution is 5.89. The van der Waals surface area contributed by atoms with E-state index in [2.05, 4.69) is 0 Å². The minimum atomic E-state index is -0.970. The minimum absolute atomic E-state index is 0.0302. The van der Waals surface area contributed by atoms with Crippen LogP contribution in [0.25, 0.3) is 0 Å². The van der Waals surface area contributed by atoms with E-state index in [1.807, 2.05) is 16.8 Å². The molecule has 4 heteroatoms. The maximum absolute atomic E-state index is 11.6. The predicted octanol–water partition coefficient (Wildman–Crippen LogP) is 2.98. The molecule has 4 nitrogen and oxygen atoms in total. The van der Waals surface area contributed by atoms with E-state index >= 15 is 0 Å². The molecule has 104 valence electrons. The molecule has 5 rings (SSSR count). The maximum Gasteiger partial charge on any atom is 0.353 e. The van der Waals surface area contributed by atoms with Gasteiger partial charge < -0.3 is 9.67 Å². The summed E-state index contributed by atoms with van der Waals surface area (Å²) in [5, 5.41) is 18.6. The lowest BCUT2D eigenvalue weighted by Gasteiger charge is -2.57. The molecule has 0 aliphatic heterocycles. The maximum atomic E-state index is 11.6. The lowest BCUT2D eigenvalue weighted by atomic mass is 9.53. The van der Waals surface area contributed by atoms with E-state index < -0.39 is 5.97 Å². The van der Waals surface area contributed by atoms with Crippen LogP contribution in [0, 0.1) is 29.1 Å². The van der Waals surface area contributed by atoms with Crippen LogP contribution in [-0.4, -0.2) is 15.6 Å². The zero-order valence-electron chi connectivity index (χ0n) is 11.4. The normalized spacial score (nSPS) is 37.9. The van der Waals surface area contributed by atoms with Crippen molar-refractivity contribution in [2.75, 3.05) is 0 Å². The Labute approximate surface area is 118 Å². The fourth-order valence-corrected chi connectivity index (χ4v) is 5.50. The van der Waals surface area contributed by atoms with Gasteiger partial charge in [-0.15, -0.1) is 0 Å². The molecule has 1 heterocycles. The van der Waals surface area contributed by atoms with E-state index in [4.69, 9.17) is 5.26 Å². The van der Waals surface area contributed by atoms with E-state index in [0.717, 1.165) is 37.0 Å². The quantitative estimate of drug-likeness (QED) is 0.898. The number of hydrogen-bond donors (Lipinski definition) is 1. The second-order valence-electron chi connectivity index (χ2n) is 7.01. The molecule has 4 bridgehead atoms. The molecule has 0 unspecified atom stereocenters. The van der Waals surface area contributed by atoms with Crippen molar-refractivity contribution < 1.29 is 9.90 Å². The van der Waals surface area contributed by atoms with Crippen molar-refractivity contribution in [2.24, 2.45) is 17.8 Å². The van der Waals surface area contributed by atoms with Gasteiger partial charge in [0, 0.05) is 11.7 Å². The van der Waals surface area contributed by atoms with Gasteiger partial charge in [-0.25, -0.2) is 4.79 Å². The minimum Gasteiger partial charge on any atom is -0.477 e. The standard InChI is InChI=1S/C16H18N2O2/c17-9-13-1-2-18(14(13)15(19)20)16-6-10-3-11(7-16)5-12(4-10)8-16/h1-2,10-12H,3-8H2,(H,19,20). The van der Waals surface area contributed by atoms with E-state index in [-0.39, 0.29) is 11.2 Å². The number of carbonyl (C=O) groups is 1. The third kappa shape index (κ3) is 1.49. The number of carboxylic acid groups (broad SMARTS) is 1. The molecule has 4 aliphatic carbocycles. The van der Waals surface area contributed by atoms with Gasteiger partial charge in [0.2, 0.25) is 0 Å². The molecule has 0 aromatic carbocycles. The van der Waals surface area contributed by atoms with Crippen LogP contribution < -0.4 is 0 Å². The second-order valence-corrected chi connectivity index (χ2v) is 7.01. The summed E-state index contributed by atoms with van der Waals surface area (Å²) in [7, 11) is 0. The Morgan fingerprint density at radius 2 is 1.80 bits per heavy atom. The Morgan fingerprint density at radius 3 is 2.25 bits per heavy atom. The molecule has 0 amide bonds. The Bertz CT molecular complexity index is 588. The van der Waals surface area contributed by atoms with Crippen molar-refractivity contribution in [1.82, 2.24) is 4.57 Å².